The molecule has 0 saturated heterocycles. The van der Waals surface area contributed by atoms with Crippen molar-refractivity contribution >= 4 is 5.69 Å². The maximum absolute atomic E-state index is 12.5. The van der Waals surface area contributed by atoms with E-state index in [-0.39, 0.29) is 5.69 Å². The van der Waals surface area contributed by atoms with E-state index in [1.54, 1.807) is 0 Å². The zero-order valence-electron chi connectivity index (χ0n) is 5.37. The van der Waals surface area contributed by atoms with Crippen molar-refractivity contribution in [2.24, 2.45) is 5.84 Å². The third kappa shape index (κ3) is 1.43. The maximum atomic E-state index is 12.5. The van der Waals surface area contributed by atoms with Crippen LogP contribution in [-0.2, 0) is 0 Å². The van der Waals surface area contributed by atoms with Crippen LogP contribution in [0.15, 0.2) is 12.1 Å². The highest BCUT2D eigenvalue weighted by molar-refractivity contribution is 5.43. The van der Waals surface area contributed by atoms with Crippen LogP contribution in [0.3, 0.4) is 0 Å². The van der Waals surface area contributed by atoms with Gasteiger partial charge in [-0.2, -0.15) is 0 Å². The number of hydrazine groups is 1. The Labute approximate surface area is 60.8 Å². The zero-order valence-corrected chi connectivity index (χ0v) is 5.37. The minimum Gasteiger partial charge on any atom is -0.321 e. The summed E-state index contributed by atoms with van der Waals surface area (Å²) >= 11 is 0. The van der Waals surface area contributed by atoms with Gasteiger partial charge in [-0.3, -0.25) is 5.84 Å². The lowest BCUT2D eigenvalue weighted by Gasteiger charge is -2.01. The lowest BCUT2D eigenvalue weighted by molar-refractivity contribution is 0.496. The van der Waals surface area contributed by atoms with Crippen molar-refractivity contribution in [2.75, 3.05) is 5.43 Å². The number of halogens is 3. The molecule has 60 valence electrons. The molecule has 0 aliphatic carbocycles. The fourth-order valence-corrected chi connectivity index (χ4v) is 0.633. The van der Waals surface area contributed by atoms with Crippen LogP contribution < -0.4 is 11.3 Å². The number of anilines is 1. The van der Waals surface area contributed by atoms with Crippen LogP contribution >= 0.6 is 0 Å². The number of nitrogens with one attached hydrogen (secondary N) is 1. The van der Waals surface area contributed by atoms with E-state index in [2.05, 4.69) is 0 Å². The monoisotopic (exact) mass is 162 g/mol. The van der Waals surface area contributed by atoms with Crippen LogP contribution in [0.2, 0.25) is 0 Å². The molecule has 0 fully saturated rings. The third-order valence-electron chi connectivity index (χ3n) is 1.17. The van der Waals surface area contributed by atoms with E-state index in [4.69, 9.17) is 5.84 Å². The average Bonchev–Trinajstić information content (AvgIpc) is 1.97. The van der Waals surface area contributed by atoms with Gasteiger partial charge in [0, 0.05) is 12.1 Å². The normalized spacial score (nSPS) is 9.82. The minimum absolute atomic E-state index is 0.274. The molecule has 0 aromatic heterocycles. The summed E-state index contributed by atoms with van der Waals surface area (Å²) in [7, 11) is 0. The Bertz CT molecular complexity index is 275. The number of hydrogen-bond donors (Lipinski definition) is 2. The average molecular weight is 162 g/mol. The molecule has 1 aromatic carbocycles. The van der Waals surface area contributed by atoms with Crippen molar-refractivity contribution in [2.45, 2.75) is 0 Å². The van der Waals surface area contributed by atoms with E-state index in [0.717, 1.165) is 0 Å². The lowest BCUT2D eigenvalue weighted by atomic mass is 10.3. The predicted octanol–water partition coefficient (Wildman–Crippen LogP) is 1.39. The Morgan fingerprint density at radius 2 is 1.55 bits per heavy atom. The molecule has 1 rings (SSSR count). The molecule has 5 heteroatoms. The summed E-state index contributed by atoms with van der Waals surface area (Å²) in [5.74, 6) is 1.49. The van der Waals surface area contributed by atoms with Crippen LogP contribution in [0.4, 0.5) is 18.9 Å². The Hall–Kier alpha value is -1.23. The van der Waals surface area contributed by atoms with Gasteiger partial charge in [0.15, 0.2) is 17.5 Å². The van der Waals surface area contributed by atoms with Crippen LogP contribution in [0.1, 0.15) is 0 Å². The third-order valence-corrected chi connectivity index (χ3v) is 1.17. The van der Waals surface area contributed by atoms with Gasteiger partial charge in [0.25, 0.3) is 0 Å². The smallest absolute Gasteiger partial charge is 0.161 e. The van der Waals surface area contributed by atoms with E-state index < -0.39 is 17.5 Å². The van der Waals surface area contributed by atoms with Gasteiger partial charge in [0.1, 0.15) is 0 Å². The molecule has 0 aliphatic rings. The molecule has 3 N–H and O–H groups in total. The predicted molar refractivity (Wildman–Crippen MR) is 34.1 cm³/mol. The SMILES string of the molecule is NNc1cc(F)c(F)cc1F. The van der Waals surface area contributed by atoms with Crippen molar-refractivity contribution in [3.63, 3.8) is 0 Å². The van der Waals surface area contributed by atoms with Crippen molar-refractivity contribution in [3.05, 3.63) is 29.6 Å². The molecular formula is C6H5F3N2. The van der Waals surface area contributed by atoms with E-state index in [9.17, 15) is 13.2 Å². The Morgan fingerprint density at radius 3 is 2.09 bits per heavy atom. The quantitative estimate of drug-likeness (QED) is 0.372. The molecule has 1 aromatic rings. The van der Waals surface area contributed by atoms with Crippen molar-refractivity contribution in [3.8, 4) is 0 Å². The second-order valence-corrected chi connectivity index (χ2v) is 1.89. The molecule has 0 bridgehead atoms. The maximum Gasteiger partial charge on any atom is 0.161 e. The summed E-state index contributed by atoms with van der Waals surface area (Å²) in [5.41, 5.74) is 1.61. The number of nitrogen functional groups attached to an aromatic ring is 1. The van der Waals surface area contributed by atoms with E-state index >= 15 is 0 Å². The fourth-order valence-electron chi connectivity index (χ4n) is 0.633. The number of nitrogens with two attached hydrogens (primary N) is 1. The summed E-state index contributed by atoms with van der Waals surface area (Å²) in [6.45, 7) is 0. The van der Waals surface area contributed by atoms with Gasteiger partial charge in [-0.1, -0.05) is 0 Å². The van der Waals surface area contributed by atoms with E-state index in [0.29, 0.717) is 12.1 Å². The molecule has 0 aliphatic heterocycles. The van der Waals surface area contributed by atoms with Gasteiger partial charge in [0.05, 0.1) is 5.69 Å². The van der Waals surface area contributed by atoms with Crippen molar-refractivity contribution in [1.29, 1.82) is 0 Å². The van der Waals surface area contributed by atoms with Gasteiger partial charge in [-0.25, -0.2) is 13.2 Å². The standard InChI is InChI=1S/C6H5F3N2/c7-3-1-5(9)6(11-10)2-4(3)8/h1-2,11H,10H2. The summed E-state index contributed by atoms with van der Waals surface area (Å²) < 4.78 is 37.0. The summed E-state index contributed by atoms with van der Waals surface area (Å²) in [6.07, 6.45) is 0. The molecule has 2 nitrogen and oxygen atoms in total. The highest BCUT2D eigenvalue weighted by Crippen LogP contribution is 2.16. The van der Waals surface area contributed by atoms with Crippen LogP contribution in [0.25, 0.3) is 0 Å². The molecule has 0 spiro atoms. The molecule has 0 heterocycles. The largest absolute Gasteiger partial charge is 0.321 e. The zero-order chi connectivity index (χ0) is 8.43. The number of benzene rings is 1. The molecule has 0 radical (unpaired) electrons. The van der Waals surface area contributed by atoms with Gasteiger partial charge >= 0.3 is 0 Å². The first kappa shape index (κ1) is 7.87. The molecule has 11 heavy (non-hydrogen) atoms. The molecule has 0 saturated carbocycles. The Balaban J connectivity index is 3.21. The minimum atomic E-state index is -1.23. The van der Waals surface area contributed by atoms with Crippen LogP contribution in [-0.4, -0.2) is 0 Å². The first-order chi connectivity index (χ1) is 5.15. The van der Waals surface area contributed by atoms with Crippen molar-refractivity contribution in [1.82, 2.24) is 0 Å². The van der Waals surface area contributed by atoms with Crippen LogP contribution in [0.5, 0.6) is 0 Å². The summed E-state index contributed by atoms with van der Waals surface area (Å²) in [5, 5.41) is 0. The molecule has 0 unspecified atom stereocenters. The van der Waals surface area contributed by atoms with E-state index in [1.807, 2.05) is 5.43 Å². The number of rotatable bonds is 1. The second kappa shape index (κ2) is 2.79. The van der Waals surface area contributed by atoms with E-state index in [1.165, 1.54) is 0 Å². The van der Waals surface area contributed by atoms with Crippen molar-refractivity contribution < 1.29 is 13.2 Å². The topological polar surface area (TPSA) is 38.0 Å². The van der Waals surface area contributed by atoms with Gasteiger partial charge in [0.2, 0.25) is 0 Å². The van der Waals surface area contributed by atoms with Crippen LogP contribution in [0, 0.1) is 17.5 Å². The van der Waals surface area contributed by atoms with Gasteiger partial charge < -0.3 is 5.43 Å². The van der Waals surface area contributed by atoms with Gasteiger partial charge in [-0.05, 0) is 0 Å². The highest BCUT2D eigenvalue weighted by atomic mass is 19.2. The Morgan fingerprint density at radius 1 is 1.00 bits per heavy atom. The first-order valence-electron chi connectivity index (χ1n) is 2.76. The molecule has 0 amide bonds. The Kier molecular flexibility index (Phi) is 2.00. The highest BCUT2D eigenvalue weighted by Gasteiger charge is 2.07. The first-order valence-corrected chi connectivity index (χ1v) is 2.76. The number of hydrogen-bond acceptors (Lipinski definition) is 2. The second-order valence-electron chi connectivity index (χ2n) is 1.89. The summed E-state index contributed by atoms with van der Waals surface area (Å²) in [6, 6.07) is 1.06. The summed E-state index contributed by atoms with van der Waals surface area (Å²) in [4.78, 5) is 0. The molecular weight excluding hydrogens is 157 g/mol. The van der Waals surface area contributed by atoms with Gasteiger partial charge in [-0.15, -0.1) is 0 Å². The fraction of sp³-hybridized carbons (Fsp3) is 0. The molecule has 0 atom stereocenters. The lowest BCUT2D eigenvalue weighted by Crippen LogP contribution is -2.09.